The van der Waals surface area contributed by atoms with Gasteiger partial charge in [0.05, 0.1) is 6.10 Å². The van der Waals surface area contributed by atoms with E-state index in [1.165, 1.54) is 0 Å². The zero-order valence-electron chi connectivity index (χ0n) is 13.0. The lowest BCUT2D eigenvalue weighted by molar-refractivity contribution is 0.128. The highest BCUT2D eigenvalue weighted by molar-refractivity contribution is 5.49. The molecule has 0 aromatic carbocycles. The molecule has 0 aliphatic carbocycles. The molecule has 1 aromatic heterocycles. The van der Waals surface area contributed by atoms with Crippen LogP contribution in [-0.2, 0) is 11.3 Å². The van der Waals surface area contributed by atoms with Gasteiger partial charge in [-0.05, 0) is 26.2 Å². The molecule has 6 nitrogen and oxygen atoms in total. The summed E-state index contributed by atoms with van der Waals surface area (Å²) in [4.78, 5) is 11.3. The number of piperidine rings is 1. The summed E-state index contributed by atoms with van der Waals surface area (Å²) in [7, 11) is 0. The fourth-order valence-electron chi connectivity index (χ4n) is 2.34. The summed E-state index contributed by atoms with van der Waals surface area (Å²) in [5, 5.41) is 12.9. The standard InChI is InChI=1S/C15H26N4O2/c1-3-7-16-13-10-15(18-14(17-13)11-21-4-2)19-8-5-12(20)6-9-19/h10,12,20H,3-9,11H2,1-2H3,(H,16,17,18). The van der Waals surface area contributed by atoms with Crippen molar-refractivity contribution in [2.45, 2.75) is 45.8 Å². The highest BCUT2D eigenvalue weighted by Crippen LogP contribution is 2.21. The van der Waals surface area contributed by atoms with Crippen molar-refractivity contribution in [2.75, 3.05) is 36.5 Å². The Hall–Kier alpha value is -1.40. The Balaban J connectivity index is 2.13. The highest BCUT2D eigenvalue weighted by atomic mass is 16.5. The van der Waals surface area contributed by atoms with Crippen molar-refractivity contribution in [3.63, 3.8) is 0 Å². The second-order valence-corrected chi connectivity index (χ2v) is 5.31. The number of hydrogen-bond acceptors (Lipinski definition) is 6. The van der Waals surface area contributed by atoms with E-state index in [1.54, 1.807) is 0 Å². The Morgan fingerprint density at radius 2 is 2.10 bits per heavy atom. The van der Waals surface area contributed by atoms with Gasteiger partial charge >= 0.3 is 0 Å². The summed E-state index contributed by atoms with van der Waals surface area (Å²) in [5.41, 5.74) is 0. The van der Waals surface area contributed by atoms with Gasteiger partial charge in [0, 0.05) is 32.3 Å². The minimum absolute atomic E-state index is 0.177. The average molecular weight is 294 g/mol. The summed E-state index contributed by atoms with van der Waals surface area (Å²) in [6.07, 6.45) is 2.46. The number of nitrogens with zero attached hydrogens (tertiary/aromatic N) is 3. The average Bonchev–Trinajstić information content (AvgIpc) is 2.51. The van der Waals surface area contributed by atoms with E-state index in [1.807, 2.05) is 13.0 Å². The normalized spacial score (nSPS) is 16.2. The lowest BCUT2D eigenvalue weighted by Crippen LogP contribution is -2.36. The van der Waals surface area contributed by atoms with Crippen molar-refractivity contribution in [3.05, 3.63) is 11.9 Å². The molecule has 2 heterocycles. The van der Waals surface area contributed by atoms with Crippen LogP contribution in [0, 0.1) is 0 Å². The van der Waals surface area contributed by atoms with Crippen LogP contribution in [0.15, 0.2) is 6.07 Å². The fourth-order valence-corrected chi connectivity index (χ4v) is 2.34. The Kier molecular flexibility index (Phi) is 6.20. The van der Waals surface area contributed by atoms with Crippen molar-refractivity contribution < 1.29 is 9.84 Å². The van der Waals surface area contributed by atoms with Gasteiger partial charge < -0.3 is 20.1 Å². The molecule has 118 valence electrons. The van der Waals surface area contributed by atoms with Gasteiger partial charge in [-0.3, -0.25) is 0 Å². The molecule has 1 aliphatic heterocycles. The van der Waals surface area contributed by atoms with Crippen LogP contribution < -0.4 is 10.2 Å². The van der Waals surface area contributed by atoms with Gasteiger partial charge in [-0.25, -0.2) is 9.97 Å². The van der Waals surface area contributed by atoms with Gasteiger partial charge in [0.15, 0.2) is 5.82 Å². The van der Waals surface area contributed by atoms with Crippen LogP contribution in [0.5, 0.6) is 0 Å². The van der Waals surface area contributed by atoms with Gasteiger partial charge in [-0.1, -0.05) is 6.92 Å². The Labute approximate surface area is 126 Å². The van der Waals surface area contributed by atoms with E-state index in [0.29, 0.717) is 19.0 Å². The molecular formula is C15H26N4O2. The molecule has 0 bridgehead atoms. The number of aliphatic hydroxyl groups excluding tert-OH is 1. The third-order valence-electron chi connectivity index (χ3n) is 3.54. The molecule has 0 saturated carbocycles. The van der Waals surface area contributed by atoms with Gasteiger partial charge in [-0.15, -0.1) is 0 Å². The van der Waals surface area contributed by atoms with E-state index >= 15 is 0 Å². The van der Waals surface area contributed by atoms with Crippen molar-refractivity contribution in [2.24, 2.45) is 0 Å². The first kappa shape index (κ1) is 16.0. The van der Waals surface area contributed by atoms with E-state index in [4.69, 9.17) is 4.74 Å². The van der Waals surface area contributed by atoms with Crippen LogP contribution >= 0.6 is 0 Å². The number of aromatic nitrogens is 2. The predicted octanol–water partition coefficient (Wildman–Crippen LogP) is 1.80. The zero-order valence-corrected chi connectivity index (χ0v) is 13.0. The van der Waals surface area contributed by atoms with Crippen molar-refractivity contribution >= 4 is 11.6 Å². The Bertz CT molecular complexity index is 407. The molecule has 1 aliphatic rings. The van der Waals surface area contributed by atoms with Gasteiger partial charge in [0.25, 0.3) is 0 Å². The maximum absolute atomic E-state index is 9.62. The lowest BCUT2D eigenvalue weighted by Gasteiger charge is -2.30. The minimum Gasteiger partial charge on any atom is -0.393 e. The first-order chi connectivity index (χ1) is 10.2. The molecule has 1 fully saturated rings. The molecule has 1 aromatic rings. The summed E-state index contributed by atoms with van der Waals surface area (Å²) in [6, 6.07) is 1.99. The second kappa shape index (κ2) is 8.14. The number of ether oxygens (including phenoxy) is 1. The Morgan fingerprint density at radius 3 is 2.76 bits per heavy atom. The Morgan fingerprint density at radius 1 is 1.33 bits per heavy atom. The van der Waals surface area contributed by atoms with Crippen LogP contribution in [0.25, 0.3) is 0 Å². The highest BCUT2D eigenvalue weighted by Gasteiger charge is 2.19. The van der Waals surface area contributed by atoms with Crippen molar-refractivity contribution in [1.82, 2.24) is 9.97 Å². The SMILES string of the molecule is CCCNc1cc(N2CCC(O)CC2)nc(COCC)n1. The molecule has 0 unspecified atom stereocenters. The number of anilines is 2. The molecule has 21 heavy (non-hydrogen) atoms. The third kappa shape index (κ3) is 4.82. The fraction of sp³-hybridized carbons (Fsp3) is 0.733. The molecule has 6 heteroatoms. The van der Waals surface area contributed by atoms with Crippen LogP contribution in [0.1, 0.15) is 38.9 Å². The minimum atomic E-state index is -0.177. The van der Waals surface area contributed by atoms with Gasteiger partial charge in [-0.2, -0.15) is 0 Å². The molecule has 0 spiro atoms. The number of nitrogens with one attached hydrogen (secondary N) is 1. The number of hydrogen-bond donors (Lipinski definition) is 2. The maximum atomic E-state index is 9.62. The summed E-state index contributed by atoms with van der Waals surface area (Å²) in [6.45, 7) is 7.74. The van der Waals surface area contributed by atoms with E-state index in [0.717, 1.165) is 50.5 Å². The molecular weight excluding hydrogens is 268 g/mol. The molecule has 1 saturated heterocycles. The summed E-state index contributed by atoms with van der Waals surface area (Å²) < 4.78 is 5.43. The van der Waals surface area contributed by atoms with E-state index in [-0.39, 0.29) is 6.10 Å². The van der Waals surface area contributed by atoms with E-state index in [9.17, 15) is 5.11 Å². The molecule has 0 amide bonds. The number of rotatable bonds is 7. The molecule has 0 atom stereocenters. The van der Waals surface area contributed by atoms with Gasteiger partial charge in [0.1, 0.15) is 18.2 Å². The molecule has 2 N–H and O–H groups in total. The first-order valence-electron chi connectivity index (χ1n) is 7.85. The predicted molar refractivity (Wildman–Crippen MR) is 83.6 cm³/mol. The molecule has 0 radical (unpaired) electrons. The largest absolute Gasteiger partial charge is 0.393 e. The maximum Gasteiger partial charge on any atom is 0.158 e. The topological polar surface area (TPSA) is 70.5 Å². The monoisotopic (exact) mass is 294 g/mol. The van der Waals surface area contributed by atoms with E-state index < -0.39 is 0 Å². The molecule has 2 rings (SSSR count). The second-order valence-electron chi connectivity index (χ2n) is 5.31. The summed E-state index contributed by atoms with van der Waals surface area (Å²) in [5.74, 6) is 2.48. The number of aliphatic hydroxyl groups is 1. The van der Waals surface area contributed by atoms with Crippen molar-refractivity contribution in [3.8, 4) is 0 Å². The van der Waals surface area contributed by atoms with Crippen molar-refractivity contribution in [1.29, 1.82) is 0 Å². The van der Waals surface area contributed by atoms with Crippen LogP contribution in [0.3, 0.4) is 0 Å². The van der Waals surface area contributed by atoms with E-state index in [2.05, 4.69) is 27.1 Å². The summed E-state index contributed by atoms with van der Waals surface area (Å²) >= 11 is 0. The first-order valence-corrected chi connectivity index (χ1v) is 7.85. The van der Waals surface area contributed by atoms with Crippen LogP contribution in [0.4, 0.5) is 11.6 Å². The third-order valence-corrected chi connectivity index (χ3v) is 3.54. The smallest absolute Gasteiger partial charge is 0.158 e. The zero-order chi connectivity index (χ0) is 15.1. The van der Waals surface area contributed by atoms with Gasteiger partial charge in [0.2, 0.25) is 0 Å². The lowest BCUT2D eigenvalue weighted by atomic mass is 10.1. The quantitative estimate of drug-likeness (QED) is 0.799. The van der Waals surface area contributed by atoms with Crippen LogP contribution in [0.2, 0.25) is 0 Å². The van der Waals surface area contributed by atoms with Crippen LogP contribution in [-0.4, -0.2) is 47.4 Å².